The number of carboxylic acid groups (broad SMARTS) is 1. The van der Waals surface area contributed by atoms with Crippen molar-refractivity contribution in [2.45, 2.75) is 6.42 Å². The van der Waals surface area contributed by atoms with Crippen LogP contribution in [0.2, 0.25) is 0 Å². The van der Waals surface area contributed by atoms with E-state index in [1.807, 2.05) is 0 Å². The van der Waals surface area contributed by atoms with E-state index in [4.69, 9.17) is 14.2 Å². The van der Waals surface area contributed by atoms with Gasteiger partial charge < -0.3 is 34.7 Å². The number of carboxylic acids is 1. The zero-order valence-corrected chi connectivity index (χ0v) is 16.1. The molecule has 2 amide bonds. The van der Waals surface area contributed by atoms with Gasteiger partial charge in [-0.1, -0.05) is 18.2 Å². The topological polar surface area (TPSA) is 126 Å². The van der Waals surface area contributed by atoms with Crippen LogP contribution in [-0.2, 0) is 9.59 Å². The van der Waals surface area contributed by atoms with Crippen LogP contribution in [0.25, 0.3) is 6.08 Å². The van der Waals surface area contributed by atoms with Gasteiger partial charge in [0.05, 0.1) is 12.7 Å². The Hall–Kier alpha value is -4.01. The number of carbonyl (C=O) groups is 3. The van der Waals surface area contributed by atoms with E-state index in [0.717, 1.165) is 0 Å². The summed E-state index contributed by atoms with van der Waals surface area (Å²) in [7, 11) is 1.43. The third kappa shape index (κ3) is 5.07. The highest BCUT2D eigenvalue weighted by atomic mass is 16.7. The molecule has 0 atom stereocenters. The quantitative estimate of drug-likeness (QED) is 0.604. The SMILES string of the molecule is COc1ccccc1C(=O)N/C(=C\c1ccc2c(c1)OCO2)C(=O)NCCC(=O)[O-]. The molecule has 0 fully saturated rings. The molecule has 0 saturated heterocycles. The molecule has 1 aliphatic heterocycles. The van der Waals surface area contributed by atoms with Crippen LogP contribution in [0.4, 0.5) is 0 Å². The van der Waals surface area contributed by atoms with Gasteiger partial charge in [0.25, 0.3) is 11.8 Å². The number of benzene rings is 2. The lowest BCUT2D eigenvalue weighted by Crippen LogP contribution is -2.37. The predicted molar refractivity (Wildman–Crippen MR) is 104 cm³/mol. The minimum absolute atomic E-state index is 0.0804. The van der Waals surface area contributed by atoms with Crippen LogP contribution in [-0.4, -0.2) is 38.2 Å². The van der Waals surface area contributed by atoms with Crippen LogP contribution in [0.1, 0.15) is 22.3 Å². The van der Waals surface area contributed by atoms with Crippen molar-refractivity contribution in [1.82, 2.24) is 10.6 Å². The fourth-order valence-corrected chi connectivity index (χ4v) is 2.72. The summed E-state index contributed by atoms with van der Waals surface area (Å²) >= 11 is 0. The van der Waals surface area contributed by atoms with E-state index >= 15 is 0 Å². The summed E-state index contributed by atoms with van der Waals surface area (Å²) in [6.07, 6.45) is 1.09. The van der Waals surface area contributed by atoms with Crippen LogP contribution >= 0.6 is 0 Å². The van der Waals surface area contributed by atoms with Gasteiger partial charge in [-0.05, 0) is 35.9 Å². The molecule has 0 bridgehead atoms. The van der Waals surface area contributed by atoms with Gasteiger partial charge in [-0.3, -0.25) is 9.59 Å². The molecular weight excluding hydrogens is 392 g/mol. The van der Waals surface area contributed by atoms with E-state index in [2.05, 4.69) is 10.6 Å². The Labute approximate surface area is 172 Å². The molecule has 0 unspecified atom stereocenters. The second kappa shape index (κ2) is 9.46. The van der Waals surface area contributed by atoms with Gasteiger partial charge in [0.15, 0.2) is 11.5 Å². The average Bonchev–Trinajstić information content (AvgIpc) is 3.20. The number of methoxy groups -OCH3 is 1. The first-order valence-corrected chi connectivity index (χ1v) is 9.01. The highest BCUT2D eigenvalue weighted by Crippen LogP contribution is 2.33. The number of ether oxygens (including phenoxy) is 3. The Balaban J connectivity index is 1.86. The first kappa shape index (κ1) is 20.7. The van der Waals surface area contributed by atoms with Crippen molar-refractivity contribution < 1.29 is 33.7 Å². The molecule has 0 radical (unpaired) electrons. The minimum atomic E-state index is -1.30. The standard InChI is InChI=1S/C21H20N2O7/c1-28-16-5-3-2-4-14(16)20(26)23-15(21(27)22-9-8-19(24)25)10-13-6-7-17-18(11-13)30-12-29-17/h2-7,10-11H,8-9,12H2,1H3,(H,22,27)(H,23,26)(H,24,25)/p-1/b15-10-. The molecule has 2 aromatic carbocycles. The number of hydrogen-bond donors (Lipinski definition) is 2. The minimum Gasteiger partial charge on any atom is -0.550 e. The fraction of sp³-hybridized carbons (Fsp3) is 0.190. The Morgan fingerprint density at radius 1 is 1.13 bits per heavy atom. The summed E-state index contributed by atoms with van der Waals surface area (Å²) in [6.45, 7) is -0.0478. The lowest BCUT2D eigenvalue weighted by atomic mass is 10.1. The molecule has 156 valence electrons. The first-order valence-electron chi connectivity index (χ1n) is 9.01. The second-order valence-electron chi connectivity index (χ2n) is 6.20. The number of fused-ring (bicyclic) bond motifs is 1. The molecule has 9 heteroatoms. The Bertz CT molecular complexity index is 1000. The van der Waals surface area contributed by atoms with E-state index < -0.39 is 17.8 Å². The average molecular weight is 411 g/mol. The zero-order chi connectivity index (χ0) is 21.5. The molecule has 0 spiro atoms. The molecule has 2 N–H and O–H groups in total. The van der Waals surface area contributed by atoms with Crippen molar-refractivity contribution in [3.8, 4) is 17.2 Å². The highest BCUT2D eigenvalue weighted by molar-refractivity contribution is 6.06. The van der Waals surface area contributed by atoms with E-state index in [1.165, 1.54) is 13.2 Å². The van der Waals surface area contributed by atoms with Gasteiger partial charge in [0, 0.05) is 18.9 Å². The maximum atomic E-state index is 12.7. The Kier molecular flexibility index (Phi) is 6.53. The summed E-state index contributed by atoms with van der Waals surface area (Å²) in [5.74, 6) is -1.09. The predicted octanol–water partition coefficient (Wildman–Crippen LogP) is 0.451. The van der Waals surface area contributed by atoms with Crippen LogP contribution in [0.15, 0.2) is 48.2 Å². The lowest BCUT2D eigenvalue weighted by Gasteiger charge is -2.13. The van der Waals surface area contributed by atoms with Crippen LogP contribution in [0.3, 0.4) is 0 Å². The van der Waals surface area contributed by atoms with Crippen LogP contribution in [0.5, 0.6) is 17.2 Å². The number of rotatable bonds is 8. The summed E-state index contributed by atoms with van der Waals surface area (Å²) in [6, 6.07) is 11.6. The van der Waals surface area contributed by atoms with Crippen LogP contribution < -0.4 is 30.0 Å². The number of nitrogens with one attached hydrogen (secondary N) is 2. The molecule has 30 heavy (non-hydrogen) atoms. The Morgan fingerprint density at radius 2 is 1.90 bits per heavy atom. The van der Waals surface area contributed by atoms with Crippen molar-refractivity contribution in [3.05, 3.63) is 59.3 Å². The number of amides is 2. The summed E-state index contributed by atoms with van der Waals surface area (Å²) in [5.41, 5.74) is 0.729. The summed E-state index contributed by atoms with van der Waals surface area (Å²) < 4.78 is 15.8. The summed E-state index contributed by atoms with van der Waals surface area (Å²) in [4.78, 5) is 35.9. The van der Waals surface area contributed by atoms with Crippen molar-refractivity contribution in [2.75, 3.05) is 20.4 Å². The second-order valence-corrected chi connectivity index (χ2v) is 6.20. The molecule has 0 saturated carbocycles. The lowest BCUT2D eigenvalue weighted by molar-refractivity contribution is -0.305. The first-order chi connectivity index (χ1) is 14.5. The maximum absolute atomic E-state index is 12.7. The Morgan fingerprint density at radius 3 is 2.67 bits per heavy atom. The van der Waals surface area contributed by atoms with Gasteiger partial charge >= 0.3 is 0 Å². The number of carbonyl (C=O) groups excluding carboxylic acids is 3. The molecular formula is C21H19N2O7-. The molecule has 2 aromatic rings. The molecule has 0 aromatic heterocycles. The van der Waals surface area contributed by atoms with Gasteiger partial charge in [0.1, 0.15) is 11.4 Å². The molecule has 1 heterocycles. The van der Waals surface area contributed by atoms with Gasteiger partial charge in [-0.2, -0.15) is 0 Å². The van der Waals surface area contributed by atoms with Crippen LogP contribution in [0, 0.1) is 0 Å². The van der Waals surface area contributed by atoms with Crippen molar-refractivity contribution >= 4 is 23.9 Å². The molecule has 3 rings (SSSR count). The van der Waals surface area contributed by atoms with Gasteiger partial charge in [-0.25, -0.2) is 0 Å². The van der Waals surface area contributed by atoms with Crippen molar-refractivity contribution in [2.24, 2.45) is 0 Å². The monoisotopic (exact) mass is 411 g/mol. The largest absolute Gasteiger partial charge is 0.550 e. The number of para-hydroxylation sites is 1. The van der Waals surface area contributed by atoms with Gasteiger partial charge in [-0.15, -0.1) is 0 Å². The van der Waals surface area contributed by atoms with Gasteiger partial charge in [0.2, 0.25) is 6.79 Å². The number of aliphatic carboxylic acids is 1. The molecule has 1 aliphatic rings. The van der Waals surface area contributed by atoms with E-state index in [1.54, 1.807) is 42.5 Å². The van der Waals surface area contributed by atoms with E-state index in [-0.39, 0.29) is 31.0 Å². The normalized spacial score (nSPS) is 12.2. The zero-order valence-electron chi connectivity index (χ0n) is 16.1. The fourth-order valence-electron chi connectivity index (χ4n) is 2.72. The number of hydrogen-bond acceptors (Lipinski definition) is 7. The maximum Gasteiger partial charge on any atom is 0.267 e. The molecule has 0 aliphatic carbocycles. The third-order valence-corrected chi connectivity index (χ3v) is 4.17. The van der Waals surface area contributed by atoms with E-state index in [0.29, 0.717) is 22.8 Å². The molecule has 9 nitrogen and oxygen atoms in total. The smallest absolute Gasteiger partial charge is 0.267 e. The highest BCUT2D eigenvalue weighted by Gasteiger charge is 2.18. The third-order valence-electron chi connectivity index (χ3n) is 4.17. The van der Waals surface area contributed by atoms with Crippen molar-refractivity contribution in [1.29, 1.82) is 0 Å². The van der Waals surface area contributed by atoms with Crippen molar-refractivity contribution in [3.63, 3.8) is 0 Å². The van der Waals surface area contributed by atoms with E-state index in [9.17, 15) is 19.5 Å². The summed E-state index contributed by atoms with van der Waals surface area (Å²) in [5, 5.41) is 15.6.